The molecule has 124 valence electrons. The van der Waals surface area contributed by atoms with Gasteiger partial charge in [-0.05, 0) is 53.1 Å². The zero-order valence-electron chi connectivity index (χ0n) is 14.8. The van der Waals surface area contributed by atoms with Crippen LogP contribution in [0.5, 0.6) is 5.75 Å². The molecule has 1 aromatic rings. The minimum atomic E-state index is 0.638. The maximum Gasteiger partial charge on any atom is 0.126 e. The molecule has 0 aliphatic rings. The number of hydrogen-bond donors (Lipinski definition) is 0. The van der Waals surface area contributed by atoms with Gasteiger partial charge in [0.25, 0.3) is 0 Å². The van der Waals surface area contributed by atoms with E-state index in [4.69, 9.17) is 4.74 Å². The van der Waals surface area contributed by atoms with Gasteiger partial charge in [0, 0.05) is 17.6 Å². The molecule has 0 fully saturated rings. The Hall–Kier alpha value is -1.28. The second kappa shape index (κ2) is 10.4. The first-order valence-corrected chi connectivity index (χ1v) is 8.66. The molecule has 0 radical (unpaired) electrons. The molecule has 0 unspecified atom stereocenters. The van der Waals surface area contributed by atoms with Crippen LogP contribution in [0.25, 0.3) is 6.08 Å². The minimum absolute atomic E-state index is 0.638. The van der Waals surface area contributed by atoms with Crippen molar-refractivity contribution in [3.63, 3.8) is 0 Å². The van der Waals surface area contributed by atoms with Crippen molar-refractivity contribution < 1.29 is 4.74 Å². The average molecular weight is 303 g/mol. The molecule has 0 N–H and O–H groups in total. The maximum absolute atomic E-state index is 5.85. The van der Waals surface area contributed by atoms with E-state index in [9.17, 15) is 0 Å². The summed E-state index contributed by atoms with van der Waals surface area (Å²) in [5, 5.41) is 0. The number of para-hydroxylation sites is 1. The van der Waals surface area contributed by atoms with E-state index in [1.807, 2.05) is 30.3 Å². The topological polar surface area (TPSA) is 12.5 Å². The van der Waals surface area contributed by atoms with E-state index in [0.717, 1.165) is 24.3 Å². The molecule has 2 nitrogen and oxygen atoms in total. The van der Waals surface area contributed by atoms with E-state index < -0.39 is 0 Å². The summed E-state index contributed by atoms with van der Waals surface area (Å²) < 4.78 is 5.85. The van der Waals surface area contributed by atoms with Gasteiger partial charge < -0.3 is 4.74 Å². The molecule has 0 aliphatic heterocycles. The summed E-state index contributed by atoms with van der Waals surface area (Å²) >= 11 is 0. The fourth-order valence-corrected chi connectivity index (χ4v) is 2.83. The SMILES string of the molecule is C=Cc1ccccc1OCCCCCCN(C(C)C)C(C)C. The Bertz CT molecular complexity index is 417. The third kappa shape index (κ3) is 6.65. The minimum Gasteiger partial charge on any atom is -0.493 e. The van der Waals surface area contributed by atoms with Crippen molar-refractivity contribution in [2.45, 2.75) is 65.5 Å². The third-order valence-electron chi connectivity index (χ3n) is 4.03. The van der Waals surface area contributed by atoms with E-state index in [-0.39, 0.29) is 0 Å². The Labute approximate surface area is 137 Å². The number of hydrogen-bond acceptors (Lipinski definition) is 2. The summed E-state index contributed by atoms with van der Waals surface area (Å²) in [4.78, 5) is 2.57. The van der Waals surface area contributed by atoms with Crippen LogP contribution in [0.1, 0.15) is 58.9 Å². The molecule has 0 aromatic heterocycles. The summed E-state index contributed by atoms with van der Waals surface area (Å²) in [7, 11) is 0. The summed E-state index contributed by atoms with van der Waals surface area (Å²) in [6.07, 6.45) is 6.76. The van der Waals surface area contributed by atoms with Crippen LogP contribution in [0.15, 0.2) is 30.8 Å². The third-order valence-corrected chi connectivity index (χ3v) is 4.03. The van der Waals surface area contributed by atoms with Crippen molar-refractivity contribution in [1.29, 1.82) is 0 Å². The highest BCUT2D eigenvalue weighted by molar-refractivity contribution is 5.55. The van der Waals surface area contributed by atoms with Gasteiger partial charge in [-0.3, -0.25) is 4.90 Å². The summed E-state index contributed by atoms with van der Waals surface area (Å²) in [5.41, 5.74) is 1.08. The summed E-state index contributed by atoms with van der Waals surface area (Å²) in [6.45, 7) is 14.9. The van der Waals surface area contributed by atoms with Gasteiger partial charge in [-0.1, -0.05) is 43.7 Å². The Balaban J connectivity index is 2.14. The molecule has 0 spiro atoms. The molecule has 0 amide bonds. The van der Waals surface area contributed by atoms with Gasteiger partial charge in [-0.15, -0.1) is 0 Å². The van der Waals surface area contributed by atoms with Gasteiger partial charge >= 0.3 is 0 Å². The second-order valence-corrected chi connectivity index (χ2v) is 6.43. The molecule has 22 heavy (non-hydrogen) atoms. The average Bonchev–Trinajstić information content (AvgIpc) is 2.49. The molecule has 0 saturated carbocycles. The van der Waals surface area contributed by atoms with Gasteiger partial charge in [-0.2, -0.15) is 0 Å². The van der Waals surface area contributed by atoms with E-state index in [0.29, 0.717) is 12.1 Å². The van der Waals surface area contributed by atoms with Crippen molar-refractivity contribution in [2.75, 3.05) is 13.2 Å². The van der Waals surface area contributed by atoms with Crippen molar-refractivity contribution in [2.24, 2.45) is 0 Å². The number of unbranched alkanes of at least 4 members (excludes halogenated alkanes) is 3. The quantitative estimate of drug-likeness (QED) is 0.508. The van der Waals surface area contributed by atoms with Gasteiger partial charge in [0.05, 0.1) is 6.61 Å². The number of rotatable bonds is 11. The highest BCUT2D eigenvalue weighted by Gasteiger charge is 2.11. The van der Waals surface area contributed by atoms with Crippen LogP contribution in [-0.4, -0.2) is 30.1 Å². The molecule has 0 saturated heterocycles. The normalized spacial score (nSPS) is 11.4. The van der Waals surface area contributed by atoms with Gasteiger partial charge in [0.15, 0.2) is 0 Å². The predicted molar refractivity (Wildman–Crippen MR) is 97.5 cm³/mol. The zero-order chi connectivity index (χ0) is 16.4. The fraction of sp³-hybridized carbons (Fsp3) is 0.600. The standard InChI is InChI=1S/C20H33NO/c1-6-19-13-9-10-14-20(19)22-16-12-8-7-11-15-21(17(2)3)18(4)5/h6,9-10,13-14,17-18H,1,7-8,11-12,15-16H2,2-5H3. The maximum atomic E-state index is 5.85. The van der Waals surface area contributed by atoms with Crippen LogP contribution in [0.2, 0.25) is 0 Å². The number of ether oxygens (including phenoxy) is 1. The van der Waals surface area contributed by atoms with E-state index >= 15 is 0 Å². The first-order valence-electron chi connectivity index (χ1n) is 8.66. The molecular weight excluding hydrogens is 270 g/mol. The summed E-state index contributed by atoms with van der Waals surface area (Å²) in [6, 6.07) is 9.35. The van der Waals surface area contributed by atoms with Crippen LogP contribution in [0.3, 0.4) is 0 Å². The van der Waals surface area contributed by atoms with Crippen LogP contribution >= 0.6 is 0 Å². The Morgan fingerprint density at radius 2 is 1.64 bits per heavy atom. The molecule has 0 aliphatic carbocycles. The highest BCUT2D eigenvalue weighted by Crippen LogP contribution is 2.19. The van der Waals surface area contributed by atoms with Crippen molar-refractivity contribution in [3.05, 3.63) is 36.4 Å². The van der Waals surface area contributed by atoms with Crippen molar-refractivity contribution in [3.8, 4) is 5.75 Å². The van der Waals surface area contributed by atoms with Gasteiger partial charge in [0.1, 0.15) is 5.75 Å². The smallest absolute Gasteiger partial charge is 0.126 e. The molecule has 1 rings (SSSR count). The fourth-order valence-electron chi connectivity index (χ4n) is 2.83. The Kier molecular flexibility index (Phi) is 8.91. The first-order chi connectivity index (χ1) is 10.6. The van der Waals surface area contributed by atoms with E-state index in [1.165, 1.54) is 25.8 Å². The molecule has 2 heteroatoms. The van der Waals surface area contributed by atoms with Crippen molar-refractivity contribution >= 4 is 6.08 Å². The van der Waals surface area contributed by atoms with Crippen molar-refractivity contribution in [1.82, 2.24) is 4.90 Å². The molecule has 0 bridgehead atoms. The monoisotopic (exact) mass is 303 g/mol. The van der Waals surface area contributed by atoms with E-state index in [1.54, 1.807) is 0 Å². The zero-order valence-corrected chi connectivity index (χ0v) is 14.8. The van der Waals surface area contributed by atoms with Crippen LogP contribution < -0.4 is 4.74 Å². The molecular formula is C20H33NO. The van der Waals surface area contributed by atoms with Crippen LogP contribution in [0.4, 0.5) is 0 Å². The lowest BCUT2D eigenvalue weighted by Crippen LogP contribution is -2.37. The number of benzene rings is 1. The molecule has 0 atom stereocenters. The molecule has 0 heterocycles. The Morgan fingerprint density at radius 3 is 2.27 bits per heavy atom. The first kappa shape index (κ1) is 18.8. The van der Waals surface area contributed by atoms with E-state index in [2.05, 4.69) is 39.2 Å². The molecule has 1 aromatic carbocycles. The highest BCUT2D eigenvalue weighted by atomic mass is 16.5. The van der Waals surface area contributed by atoms with Crippen LogP contribution in [0, 0.1) is 0 Å². The predicted octanol–water partition coefficient (Wildman–Crippen LogP) is 5.39. The second-order valence-electron chi connectivity index (χ2n) is 6.43. The lowest BCUT2D eigenvalue weighted by Gasteiger charge is -2.30. The lowest BCUT2D eigenvalue weighted by atomic mass is 10.1. The van der Waals surface area contributed by atoms with Gasteiger partial charge in [0.2, 0.25) is 0 Å². The largest absolute Gasteiger partial charge is 0.493 e. The number of nitrogens with zero attached hydrogens (tertiary/aromatic N) is 1. The summed E-state index contributed by atoms with van der Waals surface area (Å²) in [5.74, 6) is 0.947. The van der Waals surface area contributed by atoms with Crippen LogP contribution in [-0.2, 0) is 0 Å². The van der Waals surface area contributed by atoms with Gasteiger partial charge in [-0.25, -0.2) is 0 Å². The lowest BCUT2D eigenvalue weighted by molar-refractivity contribution is 0.171. The Morgan fingerprint density at radius 1 is 1.00 bits per heavy atom.